The third-order valence-electron chi connectivity index (χ3n) is 2.51. The lowest BCUT2D eigenvalue weighted by molar-refractivity contribution is -0.139. The smallest absolute Gasteiger partial charge is 0.311 e. The molecule has 0 bridgehead atoms. The molecule has 0 fully saturated rings. The van der Waals surface area contributed by atoms with Crippen molar-refractivity contribution in [1.82, 2.24) is 4.98 Å². The maximum absolute atomic E-state index is 12.0. The molecular formula is C13H10Cl2N2O3S. The predicted molar refractivity (Wildman–Crippen MR) is 82.2 cm³/mol. The largest absolute Gasteiger partial charge is 0.469 e. The second-order valence-electron chi connectivity index (χ2n) is 3.98. The zero-order valence-corrected chi connectivity index (χ0v) is 13.2. The number of benzene rings is 1. The minimum atomic E-state index is -0.386. The van der Waals surface area contributed by atoms with Gasteiger partial charge in [0.25, 0.3) is 5.91 Å². The van der Waals surface area contributed by atoms with Crippen LogP contribution in [-0.4, -0.2) is 24.0 Å². The minimum Gasteiger partial charge on any atom is -0.469 e. The van der Waals surface area contributed by atoms with Crippen LogP contribution in [0.15, 0.2) is 23.6 Å². The molecule has 1 amide bonds. The molecule has 21 heavy (non-hydrogen) atoms. The third-order valence-corrected chi connectivity index (χ3v) is 4.05. The first-order valence-corrected chi connectivity index (χ1v) is 7.41. The highest BCUT2D eigenvalue weighted by Gasteiger charge is 2.12. The van der Waals surface area contributed by atoms with Crippen molar-refractivity contribution in [1.29, 1.82) is 0 Å². The van der Waals surface area contributed by atoms with Crippen molar-refractivity contribution in [2.45, 2.75) is 6.42 Å². The topological polar surface area (TPSA) is 68.3 Å². The molecule has 0 aliphatic rings. The van der Waals surface area contributed by atoms with E-state index in [9.17, 15) is 9.59 Å². The molecule has 8 heteroatoms. The van der Waals surface area contributed by atoms with Crippen molar-refractivity contribution in [3.8, 4) is 0 Å². The van der Waals surface area contributed by atoms with E-state index in [0.717, 1.165) is 0 Å². The van der Waals surface area contributed by atoms with Crippen LogP contribution in [0.2, 0.25) is 10.0 Å². The Bertz CT molecular complexity index is 688. The van der Waals surface area contributed by atoms with Gasteiger partial charge in [-0.15, -0.1) is 11.3 Å². The highest BCUT2D eigenvalue weighted by Crippen LogP contribution is 2.23. The number of halogens is 2. The highest BCUT2D eigenvalue weighted by atomic mass is 35.5. The Labute approximate surface area is 134 Å². The zero-order chi connectivity index (χ0) is 15.4. The van der Waals surface area contributed by atoms with Crippen LogP contribution >= 0.6 is 34.5 Å². The normalized spacial score (nSPS) is 10.2. The van der Waals surface area contributed by atoms with Gasteiger partial charge in [-0.3, -0.25) is 14.9 Å². The van der Waals surface area contributed by atoms with Crippen LogP contribution in [0.3, 0.4) is 0 Å². The van der Waals surface area contributed by atoms with Gasteiger partial charge in [-0.1, -0.05) is 23.2 Å². The first-order chi connectivity index (χ1) is 9.99. The summed E-state index contributed by atoms with van der Waals surface area (Å²) in [7, 11) is 1.31. The number of aromatic nitrogens is 1. The average Bonchev–Trinajstić information content (AvgIpc) is 2.88. The zero-order valence-electron chi connectivity index (χ0n) is 10.9. The van der Waals surface area contributed by atoms with E-state index in [1.807, 2.05) is 0 Å². The number of esters is 1. The number of amides is 1. The van der Waals surface area contributed by atoms with E-state index in [4.69, 9.17) is 23.2 Å². The lowest BCUT2D eigenvalue weighted by atomic mass is 10.2. The Kier molecular flexibility index (Phi) is 5.17. The Morgan fingerprint density at radius 1 is 1.33 bits per heavy atom. The van der Waals surface area contributed by atoms with Gasteiger partial charge in [-0.25, -0.2) is 4.98 Å². The van der Waals surface area contributed by atoms with E-state index in [1.165, 1.54) is 24.5 Å². The van der Waals surface area contributed by atoms with Gasteiger partial charge in [-0.2, -0.15) is 0 Å². The Hall–Kier alpha value is -1.63. The summed E-state index contributed by atoms with van der Waals surface area (Å²) in [5, 5.41) is 5.38. The molecule has 1 heterocycles. The summed E-state index contributed by atoms with van der Waals surface area (Å²) in [6.07, 6.45) is 0.0651. The molecule has 1 aromatic heterocycles. The van der Waals surface area contributed by atoms with Crippen LogP contribution in [0.5, 0.6) is 0 Å². The van der Waals surface area contributed by atoms with E-state index in [-0.39, 0.29) is 18.3 Å². The van der Waals surface area contributed by atoms with Crippen molar-refractivity contribution in [3.63, 3.8) is 0 Å². The molecular weight excluding hydrogens is 335 g/mol. The quantitative estimate of drug-likeness (QED) is 0.862. The number of hydrogen-bond donors (Lipinski definition) is 1. The molecule has 2 rings (SSSR count). The lowest BCUT2D eigenvalue weighted by Crippen LogP contribution is -2.12. The van der Waals surface area contributed by atoms with Crippen molar-refractivity contribution in [2.24, 2.45) is 0 Å². The number of thiazole rings is 1. The molecule has 0 spiro atoms. The molecule has 0 unspecified atom stereocenters. The molecule has 0 atom stereocenters. The van der Waals surface area contributed by atoms with Gasteiger partial charge in [0.2, 0.25) is 0 Å². The van der Waals surface area contributed by atoms with Gasteiger partial charge in [-0.05, 0) is 18.2 Å². The third kappa shape index (κ3) is 4.17. The van der Waals surface area contributed by atoms with Gasteiger partial charge in [0.1, 0.15) is 0 Å². The lowest BCUT2D eigenvalue weighted by Gasteiger charge is -2.03. The Morgan fingerprint density at radius 3 is 2.76 bits per heavy atom. The fourth-order valence-electron chi connectivity index (χ4n) is 1.47. The second-order valence-corrected chi connectivity index (χ2v) is 5.65. The first-order valence-electron chi connectivity index (χ1n) is 5.77. The molecule has 1 aromatic carbocycles. The van der Waals surface area contributed by atoms with Crippen LogP contribution in [0.25, 0.3) is 0 Å². The molecule has 2 aromatic rings. The summed E-state index contributed by atoms with van der Waals surface area (Å²) in [6.45, 7) is 0. The van der Waals surface area contributed by atoms with Crippen LogP contribution in [0.4, 0.5) is 5.13 Å². The van der Waals surface area contributed by atoms with E-state index in [0.29, 0.717) is 26.4 Å². The molecule has 0 saturated carbocycles. The number of hydrogen-bond acceptors (Lipinski definition) is 5. The van der Waals surface area contributed by atoms with Crippen LogP contribution in [0.1, 0.15) is 16.1 Å². The van der Waals surface area contributed by atoms with Crippen molar-refractivity contribution in [3.05, 3.63) is 44.9 Å². The molecule has 5 nitrogen and oxygen atoms in total. The second kappa shape index (κ2) is 6.89. The maximum atomic E-state index is 12.0. The van der Waals surface area contributed by atoms with E-state index < -0.39 is 0 Å². The fraction of sp³-hybridized carbons (Fsp3) is 0.154. The summed E-state index contributed by atoms with van der Waals surface area (Å²) in [5.74, 6) is -0.741. The van der Waals surface area contributed by atoms with Crippen molar-refractivity contribution < 1.29 is 14.3 Å². The molecule has 0 aliphatic carbocycles. The molecule has 0 saturated heterocycles. The number of rotatable bonds is 4. The standard InChI is InChI=1S/C13H10Cl2N2O3S/c1-20-11(18)5-8-6-21-13(16-8)17-12(19)7-2-3-9(14)10(15)4-7/h2-4,6H,5H2,1H3,(H,16,17,19). The number of anilines is 1. The summed E-state index contributed by atoms with van der Waals surface area (Å²) in [5.41, 5.74) is 0.908. The number of methoxy groups -OCH3 is 1. The molecule has 110 valence electrons. The maximum Gasteiger partial charge on any atom is 0.311 e. The molecule has 0 radical (unpaired) electrons. The molecule has 0 aliphatic heterocycles. The Morgan fingerprint density at radius 2 is 2.10 bits per heavy atom. The van der Waals surface area contributed by atoms with Gasteiger partial charge in [0.05, 0.1) is 29.3 Å². The average molecular weight is 345 g/mol. The number of nitrogens with one attached hydrogen (secondary N) is 1. The van der Waals surface area contributed by atoms with Gasteiger partial charge in [0, 0.05) is 10.9 Å². The van der Waals surface area contributed by atoms with E-state index >= 15 is 0 Å². The van der Waals surface area contributed by atoms with E-state index in [2.05, 4.69) is 15.0 Å². The SMILES string of the molecule is COC(=O)Cc1csc(NC(=O)c2ccc(Cl)c(Cl)c2)n1. The predicted octanol–water partition coefficient (Wildman–Crippen LogP) is 3.42. The Balaban J connectivity index is 2.05. The van der Waals surface area contributed by atoms with Gasteiger partial charge >= 0.3 is 5.97 Å². The van der Waals surface area contributed by atoms with Crippen LogP contribution < -0.4 is 5.32 Å². The fourth-order valence-corrected chi connectivity index (χ4v) is 2.48. The minimum absolute atomic E-state index is 0.0651. The number of carbonyl (C=O) groups excluding carboxylic acids is 2. The first kappa shape index (κ1) is 15.8. The van der Waals surface area contributed by atoms with Gasteiger partial charge < -0.3 is 4.74 Å². The summed E-state index contributed by atoms with van der Waals surface area (Å²) in [4.78, 5) is 27.3. The number of carbonyl (C=O) groups is 2. The highest BCUT2D eigenvalue weighted by molar-refractivity contribution is 7.14. The van der Waals surface area contributed by atoms with Crippen LogP contribution in [-0.2, 0) is 16.0 Å². The summed E-state index contributed by atoms with van der Waals surface area (Å²) in [6, 6.07) is 4.58. The molecule has 1 N–H and O–H groups in total. The monoisotopic (exact) mass is 344 g/mol. The summed E-state index contributed by atoms with van der Waals surface area (Å²) >= 11 is 12.9. The number of ether oxygens (including phenoxy) is 1. The van der Waals surface area contributed by atoms with Crippen molar-refractivity contribution in [2.75, 3.05) is 12.4 Å². The van der Waals surface area contributed by atoms with Gasteiger partial charge in [0.15, 0.2) is 5.13 Å². The summed E-state index contributed by atoms with van der Waals surface area (Å²) < 4.78 is 4.55. The number of nitrogens with zero attached hydrogens (tertiary/aromatic N) is 1. The van der Waals surface area contributed by atoms with Crippen LogP contribution in [0, 0.1) is 0 Å². The van der Waals surface area contributed by atoms with E-state index in [1.54, 1.807) is 17.5 Å². The van der Waals surface area contributed by atoms with Crippen molar-refractivity contribution >= 4 is 51.5 Å².